The van der Waals surface area contributed by atoms with Crippen LogP contribution >= 0.6 is 15.9 Å². The molecule has 1 aromatic heterocycles. The van der Waals surface area contributed by atoms with Crippen LogP contribution in [0.2, 0.25) is 0 Å². The van der Waals surface area contributed by atoms with Crippen LogP contribution in [0.15, 0.2) is 47.1 Å². The first-order chi connectivity index (χ1) is 8.58. The van der Waals surface area contributed by atoms with Gasteiger partial charge in [-0.1, -0.05) is 15.9 Å². The molecule has 92 valence electrons. The lowest BCUT2D eigenvalue weighted by Crippen LogP contribution is -2.24. The fraction of sp³-hybridized carbons (Fsp3) is 0.0769. The van der Waals surface area contributed by atoms with E-state index in [0.717, 1.165) is 4.47 Å². The van der Waals surface area contributed by atoms with Crippen molar-refractivity contribution in [1.82, 2.24) is 4.68 Å². The van der Waals surface area contributed by atoms with Crippen molar-refractivity contribution in [3.8, 4) is 0 Å². The molecule has 0 aliphatic heterocycles. The van der Waals surface area contributed by atoms with Gasteiger partial charge in [0.25, 0.3) is 5.91 Å². The summed E-state index contributed by atoms with van der Waals surface area (Å²) in [5.41, 5.74) is 4.37. The Kier molecular flexibility index (Phi) is 3.62. The van der Waals surface area contributed by atoms with E-state index in [1.54, 1.807) is 42.1 Å². The van der Waals surface area contributed by atoms with Crippen molar-refractivity contribution in [2.75, 3.05) is 5.43 Å². The van der Waals surface area contributed by atoms with Gasteiger partial charge in [-0.25, -0.2) is 0 Å². The Morgan fingerprint density at radius 2 is 1.94 bits per heavy atom. The number of hydrogen-bond donors (Lipinski definition) is 2. The fourth-order valence-electron chi connectivity index (χ4n) is 1.56. The maximum Gasteiger partial charge on any atom is 0.270 e. The van der Waals surface area contributed by atoms with Crippen molar-refractivity contribution in [3.05, 3.63) is 58.3 Å². The summed E-state index contributed by atoms with van der Waals surface area (Å²) in [4.78, 5) is 12.0. The zero-order chi connectivity index (χ0) is 13.1. The number of amides is 1. The van der Waals surface area contributed by atoms with Crippen LogP contribution in [0.4, 0.5) is 0 Å². The zero-order valence-corrected chi connectivity index (χ0v) is 11.4. The molecule has 0 atom stereocenters. The summed E-state index contributed by atoms with van der Waals surface area (Å²) >= 11 is 3.32. The maximum atomic E-state index is 12.0. The summed E-state index contributed by atoms with van der Waals surface area (Å²) in [5.74, 6) is -0.207. The number of rotatable bonds is 3. The molecule has 4 nitrogen and oxygen atoms in total. The molecule has 0 unspecified atom stereocenters. The largest absolute Gasteiger partial charge is 0.303 e. The summed E-state index contributed by atoms with van der Waals surface area (Å²) < 4.78 is 2.48. The lowest BCUT2D eigenvalue weighted by atomic mass is 10.2. The Labute approximate surface area is 113 Å². The van der Waals surface area contributed by atoms with Crippen molar-refractivity contribution in [2.45, 2.75) is 6.92 Å². The van der Waals surface area contributed by atoms with Gasteiger partial charge >= 0.3 is 0 Å². The van der Waals surface area contributed by atoms with Gasteiger partial charge in [-0.3, -0.25) is 14.9 Å². The predicted octanol–water partition coefficient (Wildman–Crippen LogP) is 3.02. The molecular weight excluding hydrogens is 294 g/mol. The van der Waals surface area contributed by atoms with Crippen LogP contribution < -0.4 is 5.43 Å². The first-order valence-electron chi connectivity index (χ1n) is 5.38. The number of nitrogens with zero attached hydrogens (tertiary/aromatic N) is 1. The minimum absolute atomic E-state index is 0.207. The van der Waals surface area contributed by atoms with E-state index in [1.165, 1.54) is 0 Å². The molecule has 0 aliphatic carbocycles. The third-order valence-corrected chi connectivity index (χ3v) is 2.99. The average molecular weight is 306 g/mol. The van der Waals surface area contributed by atoms with E-state index in [1.807, 2.05) is 12.1 Å². The highest BCUT2D eigenvalue weighted by molar-refractivity contribution is 9.10. The molecule has 0 bridgehead atoms. The first-order valence-corrected chi connectivity index (χ1v) is 6.17. The van der Waals surface area contributed by atoms with E-state index >= 15 is 0 Å². The topological polar surface area (TPSA) is 57.9 Å². The van der Waals surface area contributed by atoms with E-state index in [-0.39, 0.29) is 5.91 Å². The lowest BCUT2D eigenvalue weighted by Gasteiger charge is -2.10. The van der Waals surface area contributed by atoms with Gasteiger partial charge in [0.1, 0.15) is 0 Å². The molecule has 0 aliphatic rings. The molecule has 2 rings (SSSR count). The molecule has 1 heterocycles. The SMILES string of the molecule is CC(=N)c1cccn1NC(=O)c1ccc(Br)cc1. The number of halogens is 1. The maximum absolute atomic E-state index is 12.0. The lowest BCUT2D eigenvalue weighted by molar-refractivity contribution is 0.101. The summed E-state index contributed by atoms with van der Waals surface area (Å²) in [6.45, 7) is 1.68. The zero-order valence-electron chi connectivity index (χ0n) is 9.77. The third kappa shape index (κ3) is 2.68. The van der Waals surface area contributed by atoms with Crippen molar-refractivity contribution >= 4 is 27.5 Å². The highest BCUT2D eigenvalue weighted by Gasteiger charge is 2.08. The normalized spacial score (nSPS) is 10.1. The number of carbonyl (C=O) groups excluding carboxylic acids is 1. The third-order valence-electron chi connectivity index (χ3n) is 2.46. The van der Waals surface area contributed by atoms with E-state index in [4.69, 9.17) is 5.41 Å². The molecule has 2 aromatic rings. The minimum Gasteiger partial charge on any atom is -0.303 e. The van der Waals surface area contributed by atoms with Gasteiger partial charge in [-0.2, -0.15) is 0 Å². The molecule has 18 heavy (non-hydrogen) atoms. The van der Waals surface area contributed by atoms with Crippen LogP contribution in [0.1, 0.15) is 23.0 Å². The average Bonchev–Trinajstić information content (AvgIpc) is 2.78. The second-order valence-corrected chi connectivity index (χ2v) is 4.75. The quantitative estimate of drug-likeness (QED) is 0.841. The Morgan fingerprint density at radius 3 is 2.56 bits per heavy atom. The van der Waals surface area contributed by atoms with Crippen LogP contribution in [-0.4, -0.2) is 16.3 Å². The van der Waals surface area contributed by atoms with Crippen LogP contribution in [-0.2, 0) is 0 Å². The van der Waals surface area contributed by atoms with Crippen LogP contribution in [0, 0.1) is 5.41 Å². The van der Waals surface area contributed by atoms with E-state index < -0.39 is 0 Å². The van der Waals surface area contributed by atoms with Gasteiger partial charge in [-0.05, 0) is 43.3 Å². The van der Waals surface area contributed by atoms with Gasteiger partial charge in [-0.15, -0.1) is 0 Å². The van der Waals surface area contributed by atoms with Gasteiger partial charge in [0.05, 0.1) is 11.4 Å². The molecule has 0 saturated heterocycles. The molecule has 0 radical (unpaired) electrons. The Hall–Kier alpha value is -1.88. The standard InChI is InChI=1S/C13H12BrN3O/c1-9(15)12-3-2-8-17(12)16-13(18)10-4-6-11(14)7-5-10/h2-8,15H,1H3,(H,16,18). The number of nitrogens with one attached hydrogen (secondary N) is 2. The van der Waals surface area contributed by atoms with Crippen LogP contribution in [0.25, 0.3) is 0 Å². The second-order valence-electron chi connectivity index (χ2n) is 3.84. The number of hydrogen-bond acceptors (Lipinski definition) is 2. The minimum atomic E-state index is -0.207. The number of carbonyl (C=O) groups is 1. The molecule has 1 amide bonds. The van der Waals surface area contributed by atoms with Crippen LogP contribution in [0.3, 0.4) is 0 Å². The fourth-order valence-corrected chi connectivity index (χ4v) is 1.82. The summed E-state index contributed by atoms with van der Waals surface area (Å²) in [5, 5.41) is 7.59. The first kappa shape index (κ1) is 12.6. The highest BCUT2D eigenvalue weighted by atomic mass is 79.9. The number of benzene rings is 1. The van der Waals surface area contributed by atoms with Gasteiger partial charge in [0.2, 0.25) is 0 Å². The van der Waals surface area contributed by atoms with E-state index in [2.05, 4.69) is 21.4 Å². The second kappa shape index (κ2) is 5.18. The van der Waals surface area contributed by atoms with E-state index in [0.29, 0.717) is 17.0 Å². The Morgan fingerprint density at radius 1 is 1.28 bits per heavy atom. The molecule has 5 heteroatoms. The molecule has 1 aromatic carbocycles. The monoisotopic (exact) mass is 305 g/mol. The highest BCUT2D eigenvalue weighted by Crippen LogP contribution is 2.11. The van der Waals surface area contributed by atoms with Crippen molar-refractivity contribution in [2.24, 2.45) is 0 Å². The van der Waals surface area contributed by atoms with Crippen molar-refractivity contribution in [1.29, 1.82) is 5.41 Å². The Bertz CT molecular complexity index is 587. The molecule has 0 saturated carbocycles. The molecule has 0 spiro atoms. The Balaban J connectivity index is 2.19. The van der Waals surface area contributed by atoms with Crippen LogP contribution in [0.5, 0.6) is 0 Å². The number of aromatic nitrogens is 1. The summed E-state index contributed by atoms with van der Waals surface area (Å²) in [6.07, 6.45) is 1.71. The molecule has 2 N–H and O–H groups in total. The van der Waals surface area contributed by atoms with Crippen molar-refractivity contribution < 1.29 is 4.79 Å². The predicted molar refractivity (Wildman–Crippen MR) is 74.8 cm³/mol. The van der Waals surface area contributed by atoms with Gasteiger partial charge < -0.3 is 5.41 Å². The molecular formula is C13H12BrN3O. The van der Waals surface area contributed by atoms with Gasteiger partial charge in [0, 0.05) is 16.2 Å². The smallest absolute Gasteiger partial charge is 0.270 e. The summed E-state index contributed by atoms with van der Waals surface area (Å²) in [7, 11) is 0. The van der Waals surface area contributed by atoms with Gasteiger partial charge in [0.15, 0.2) is 0 Å². The summed E-state index contributed by atoms with van der Waals surface area (Å²) in [6, 6.07) is 10.7. The van der Waals surface area contributed by atoms with E-state index in [9.17, 15) is 4.79 Å². The van der Waals surface area contributed by atoms with Crippen molar-refractivity contribution in [3.63, 3.8) is 0 Å². The molecule has 0 fully saturated rings.